The van der Waals surface area contributed by atoms with Gasteiger partial charge in [-0.2, -0.15) is 0 Å². The second-order valence-corrected chi connectivity index (χ2v) is 11.6. The molecule has 0 aliphatic heterocycles. The molecule has 3 heteroatoms. The number of rotatable bonds is 12. The zero-order valence-corrected chi connectivity index (χ0v) is 16.5. The van der Waals surface area contributed by atoms with Gasteiger partial charge in [-0.05, 0) is 0 Å². The SMILES string of the molecule is C=CCI(CC(C)C)C(=C)C(CCCCC)NC(=O)CC. The van der Waals surface area contributed by atoms with Crippen LogP contribution in [0.5, 0.6) is 0 Å². The summed E-state index contributed by atoms with van der Waals surface area (Å²) in [6, 6.07) is 0.188. The van der Waals surface area contributed by atoms with Gasteiger partial charge in [0, 0.05) is 0 Å². The van der Waals surface area contributed by atoms with E-state index in [0.29, 0.717) is 12.3 Å². The number of amides is 1. The van der Waals surface area contributed by atoms with E-state index in [1.807, 2.05) is 13.0 Å². The standard InChI is InChI=1S/C18H34INO/c1-7-10-11-12-17(20-18(21)9-3)16(6)19(13-8-2)14-15(4)5/h8,15,17H,2,6-7,9-14H2,1,3-5H3,(H,20,21). The Hall–Kier alpha value is -0.320. The van der Waals surface area contributed by atoms with E-state index in [1.54, 1.807) is 0 Å². The third kappa shape index (κ3) is 9.33. The van der Waals surface area contributed by atoms with Crippen LogP contribution in [0.15, 0.2) is 22.8 Å². The predicted molar refractivity (Wildman–Crippen MR) is 104 cm³/mol. The van der Waals surface area contributed by atoms with Crippen LogP contribution in [-0.2, 0) is 4.79 Å². The number of carbonyl (C=O) groups is 1. The molecule has 0 heterocycles. The van der Waals surface area contributed by atoms with Gasteiger partial charge in [0.25, 0.3) is 0 Å². The summed E-state index contributed by atoms with van der Waals surface area (Å²) in [6.07, 6.45) is 7.25. The van der Waals surface area contributed by atoms with Crippen LogP contribution in [0.1, 0.15) is 59.8 Å². The van der Waals surface area contributed by atoms with Crippen molar-refractivity contribution in [1.82, 2.24) is 5.32 Å². The van der Waals surface area contributed by atoms with Crippen molar-refractivity contribution < 1.29 is 4.79 Å². The van der Waals surface area contributed by atoms with E-state index in [1.165, 1.54) is 27.3 Å². The van der Waals surface area contributed by atoms with Crippen LogP contribution in [0.25, 0.3) is 0 Å². The van der Waals surface area contributed by atoms with Crippen LogP contribution in [0, 0.1) is 5.92 Å². The molecule has 0 saturated heterocycles. The summed E-state index contributed by atoms with van der Waals surface area (Å²) >= 11 is -1.29. The summed E-state index contributed by atoms with van der Waals surface area (Å²) in [4.78, 5) is 11.8. The number of unbranched alkanes of at least 4 members (excludes halogenated alkanes) is 2. The Bertz CT molecular complexity index is 325. The Labute approximate surface area is 139 Å². The van der Waals surface area contributed by atoms with E-state index < -0.39 is 19.8 Å². The molecular weight excluding hydrogens is 373 g/mol. The molecule has 0 bridgehead atoms. The van der Waals surface area contributed by atoms with Gasteiger partial charge in [-0.25, -0.2) is 0 Å². The van der Waals surface area contributed by atoms with Crippen molar-refractivity contribution in [3.05, 3.63) is 22.8 Å². The van der Waals surface area contributed by atoms with E-state index in [0.717, 1.165) is 10.8 Å². The monoisotopic (exact) mass is 407 g/mol. The molecule has 0 aromatic carbocycles. The minimum atomic E-state index is -1.29. The molecule has 0 aliphatic rings. The van der Waals surface area contributed by atoms with Gasteiger partial charge in [0.1, 0.15) is 0 Å². The molecule has 1 amide bonds. The van der Waals surface area contributed by atoms with Crippen molar-refractivity contribution in [2.75, 3.05) is 8.86 Å². The molecule has 0 radical (unpaired) electrons. The zero-order chi connectivity index (χ0) is 16.3. The van der Waals surface area contributed by atoms with Crippen LogP contribution in [-0.4, -0.2) is 20.8 Å². The molecule has 1 N–H and O–H groups in total. The number of nitrogens with one attached hydrogen (secondary N) is 1. The Balaban J connectivity index is 4.83. The average molecular weight is 407 g/mol. The van der Waals surface area contributed by atoms with Crippen LogP contribution in [0.2, 0.25) is 0 Å². The van der Waals surface area contributed by atoms with Crippen LogP contribution in [0.3, 0.4) is 0 Å². The minimum absolute atomic E-state index is 0.150. The molecule has 124 valence electrons. The Morgan fingerprint density at radius 3 is 2.43 bits per heavy atom. The first kappa shape index (κ1) is 20.7. The predicted octanol–water partition coefficient (Wildman–Crippen LogP) is 5.32. The van der Waals surface area contributed by atoms with Crippen molar-refractivity contribution in [1.29, 1.82) is 0 Å². The maximum absolute atomic E-state index is 11.8. The average Bonchev–Trinajstić information content (AvgIpc) is 2.44. The second kappa shape index (κ2) is 12.2. The van der Waals surface area contributed by atoms with E-state index in [2.05, 4.69) is 39.2 Å². The topological polar surface area (TPSA) is 29.1 Å². The van der Waals surface area contributed by atoms with Gasteiger partial charge in [-0.3, -0.25) is 0 Å². The first-order chi connectivity index (χ1) is 9.96. The summed E-state index contributed by atoms with van der Waals surface area (Å²) < 4.78 is 3.71. The van der Waals surface area contributed by atoms with Crippen molar-refractivity contribution in [3.8, 4) is 0 Å². The van der Waals surface area contributed by atoms with E-state index in [4.69, 9.17) is 0 Å². The van der Waals surface area contributed by atoms with Crippen LogP contribution in [0.4, 0.5) is 0 Å². The fraction of sp³-hybridized carbons (Fsp3) is 0.722. The first-order valence-corrected chi connectivity index (χ1v) is 12.3. The summed E-state index contributed by atoms with van der Waals surface area (Å²) in [5, 5.41) is 3.20. The number of alkyl halides is 2. The Morgan fingerprint density at radius 2 is 1.95 bits per heavy atom. The maximum atomic E-state index is 11.8. The molecule has 0 aromatic heterocycles. The van der Waals surface area contributed by atoms with E-state index in [9.17, 15) is 4.79 Å². The molecule has 21 heavy (non-hydrogen) atoms. The quantitative estimate of drug-likeness (QED) is 0.202. The van der Waals surface area contributed by atoms with Crippen molar-refractivity contribution in [2.24, 2.45) is 5.92 Å². The van der Waals surface area contributed by atoms with Crippen LogP contribution < -0.4 is 5.32 Å². The molecule has 0 aromatic rings. The molecule has 0 aliphatic carbocycles. The van der Waals surface area contributed by atoms with Gasteiger partial charge in [0.15, 0.2) is 0 Å². The van der Waals surface area contributed by atoms with Gasteiger partial charge in [-0.1, -0.05) is 0 Å². The van der Waals surface area contributed by atoms with Gasteiger partial charge >= 0.3 is 139 Å². The summed E-state index contributed by atoms with van der Waals surface area (Å²) in [5.41, 5.74) is 0. The number of hydrogen-bond acceptors (Lipinski definition) is 1. The first-order valence-electron chi connectivity index (χ1n) is 8.16. The fourth-order valence-corrected chi connectivity index (χ4v) is 8.05. The molecule has 1 unspecified atom stereocenters. The number of halogens is 1. The van der Waals surface area contributed by atoms with Gasteiger partial charge in [-0.15, -0.1) is 0 Å². The third-order valence-corrected chi connectivity index (χ3v) is 10.5. The zero-order valence-electron chi connectivity index (χ0n) is 14.4. The van der Waals surface area contributed by atoms with Crippen molar-refractivity contribution >= 4 is 25.7 Å². The second-order valence-electron chi connectivity index (χ2n) is 5.86. The number of hydrogen-bond donors (Lipinski definition) is 1. The molecular formula is C18H34INO. The third-order valence-electron chi connectivity index (χ3n) is 3.26. The summed E-state index contributed by atoms with van der Waals surface area (Å²) in [6.45, 7) is 17.0. The normalized spacial score (nSPS) is 12.9. The van der Waals surface area contributed by atoms with E-state index >= 15 is 0 Å². The molecule has 0 fully saturated rings. The summed E-state index contributed by atoms with van der Waals surface area (Å²) in [5.74, 6) is 0.849. The van der Waals surface area contributed by atoms with Crippen LogP contribution >= 0.6 is 19.8 Å². The number of allylic oxidation sites excluding steroid dienone is 1. The van der Waals surface area contributed by atoms with Gasteiger partial charge < -0.3 is 0 Å². The van der Waals surface area contributed by atoms with Gasteiger partial charge in [0.2, 0.25) is 0 Å². The number of carbonyl (C=O) groups excluding carboxylic acids is 1. The summed E-state index contributed by atoms with van der Waals surface area (Å²) in [7, 11) is 0. The Kier molecular flexibility index (Phi) is 12.1. The molecule has 0 spiro atoms. The van der Waals surface area contributed by atoms with E-state index in [-0.39, 0.29) is 11.9 Å². The molecule has 0 saturated carbocycles. The molecule has 2 nitrogen and oxygen atoms in total. The van der Waals surface area contributed by atoms with Crippen molar-refractivity contribution in [2.45, 2.75) is 65.8 Å². The fourth-order valence-electron chi connectivity index (χ4n) is 2.15. The molecule has 0 rings (SSSR count). The molecule has 1 atom stereocenters. The van der Waals surface area contributed by atoms with Gasteiger partial charge in [0.05, 0.1) is 0 Å². The Morgan fingerprint density at radius 1 is 1.29 bits per heavy atom. The van der Waals surface area contributed by atoms with Crippen molar-refractivity contribution in [3.63, 3.8) is 0 Å².